The van der Waals surface area contributed by atoms with Crippen molar-refractivity contribution in [2.45, 2.75) is 5.75 Å². The largest absolute Gasteiger partial charge is 0.287 e. The zero-order valence-corrected chi connectivity index (χ0v) is 6.93. The highest BCUT2D eigenvalue weighted by Gasteiger charge is 1.94. The summed E-state index contributed by atoms with van der Waals surface area (Å²) < 4.78 is 0. The topological polar surface area (TPSA) is 17.1 Å². The first-order chi connectivity index (χ1) is 5.29. The summed E-state index contributed by atoms with van der Waals surface area (Å²) in [5.74, 6) is 0.725. The fourth-order valence-electron chi connectivity index (χ4n) is 0.738. The van der Waals surface area contributed by atoms with Gasteiger partial charge in [-0.2, -0.15) is 0 Å². The average molecular weight is 165 g/mol. The molecule has 1 rings (SSSR count). The van der Waals surface area contributed by atoms with Gasteiger partial charge in [0.25, 0.3) is 0 Å². The lowest BCUT2D eigenvalue weighted by Gasteiger charge is -1.95. The number of rotatable bonds is 2. The summed E-state index contributed by atoms with van der Waals surface area (Å²) in [6.07, 6.45) is 0. The molecular formula is C9H9OS. The molecule has 0 heterocycles. The van der Waals surface area contributed by atoms with E-state index in [9.17, 15) is 4.79 Å². The Labute approximate surface area is 70.8 Å². The Balaban J connectivity index is 2.45. The fraction of sp³-hybridized carbons (Fsp3) is 0.111. The van der Waals surface area contributed by atoms with Gasteiger partial charge >= 0.3 is 0 Å². The predicted octanol–water partition coefficient (Wildman–Crippen LogP) is 2.28. The molecule has 11 heavy (non-hydrogen) atoms. The van der Waals surface area contributed by atoms with Crippen LogP contribution < -0.4 is 0 Å². The highest BCUT2D eigenvalue weighted by Crippen LogP contribution is 2.11. The van der Waals surface area contributed by atoms with E-state index in [1.54, 1.807) is 0 Å². The quantitative estimate of drug-likeness (QED) is 0.668. The maximum Gasteiger partial charge on any atom is 0.189 e. The fourth-order valence-corrected chi connectivity index (χ4v) is 1.26. The van der Waals surface area contributed by atoms with E-state index in [1.165, 1.54) is 11.8 Å². The number of benzene rings is 1. The Hall–Kier alpha value is -0.760. The van der Waals surface area contributed by atoms with E-state index in [0.29, 0.717) is 0 Å². The second-order valence-corrected chi connectivity index (χ2v) is 3.18. The van der Waals surface area contributed by atoms with E-state index in [1.807, 2.05) is 30.3 Å². The molecule has 0 spiro atoms. The Morgan fingerprint density at radius 1 is 1.36 bits per heavy atom. The third-order valence-corrected chi connectivity index (χ3v) is 2.04. The normalized spacial score (nSPS) is 9.55. The van der Waals surface area contributed by atoms with Gasteiger partial charge in [0.2, 0.25) is 0 Å². The summed E-state index contributed by atoms with van der Waals surface area (Å²) in [5.41, 5.74) is 1.16. The van der Waals surface area contributed by atoms with Gasteiger partial charge < -0.3 is 0 Å². The monoisotopic (exact) mass is 165 g/mol. The van der Waals surface area contributed by atoms with Gasteiger partial charge in [-0.25, -0.2) is 0 Å². The van der Waals surface area contributed by atoms with Crippen LogP contribution in [0.3, 0.4) is 0 Å². The molecule has 0 aliphatic rings. The molecule has 1 radical (unpaired) electrons. The van der Waals surface area contributed by atoms with Crippen LogP contribution in [0.25, 0.3) is 0 Å². The molecule has 57 valence electrons. The average Bonchev–Trinajstić information content (AvgIpc) is 2.03. The summed E-state index contributed by atoms with van der Waals surface area (Å²) in [4.78, 5) is 10.5. The molecule has 0 saturated carbocycles. The van der Waals surface area contributed by atoms with Crippen molar-refractivity contribution in [2.24, 2.45) is 0 Å². The molecule has 1 nitrogen and oxygen atoms in total. The van der Waals surface area contributed by atoms with Crippen LogP contribution >= 0.6 is 11.8 Å². The van der Waals surface area contributed by atoms with Crippen LogP contribution in [0.15, 0.2) is 30.3 Å². The van der Waals surface area contributed by atoms with Gasteiger partial charge in [0.1, 0.15) is 0 Å². The number of carbonyl (C=O) groups is 1. The Kier molecular flexibility index (Phi) is 3.17. The first-order valence-electron chi connectivity index (χ1n) is 3.31. The van der Waals surface area contributed by atoms with Crippen molar-refractivity contribution in [2.75, 3.05) is 0 Å². The van der Waals surface area contributed by atoms with E-state index in [4.69, 9.17) is 0 Å². The van der Waals surface area contributed by atoms with Crippen LogP contribution in [0, 0.1) is 6.92 Å². The standard InChI is InChI=1S/C9H9OS/c1-8(10)11-7-9-5-3-2-4-6-9/h2-6H,1,7H2. The lowest BCUT2D eigenvalue weighted by molar-refractivity contribution is -0.107. The number of hydrogen-bond donors (Lipinski definition) is 0. The number of carbonyl (C=O) groups excluding carboxylic acids is 1. The van der Waals surface area contributed by atoms with Gasteiger partial charge in [0, 0.05) is 12.7 Å². The van der Waals surface area contributed by atoms with Crippen LogP contribution in [0.5, 0.6) is 0 Å². The van der Waals surface area contributed by atoms with E-state index < -0.39 is 0 Å². The molecule has 1 aromatic rings. The molecule has 0 amide bonds. The molecule has 0 bridgehead atoms. The summed E-state index contributed by atoms with van der Waals surface area (Å²) in [5, 5.41) is -0.0751. The minimum absolute atomic E-state index is 0.0751. The molecular weight excluding hydrogens is 156 g/mol. The van der Waals surface area contributed by atoms with Crippen molar-refractivity contribution >= 4 is 16.9 Å². The van der Waals surface area contributed by atoms with Crippen molar-refractivity contribution in [1.82, 2.24) is 0 Å². The third kappa shape index (κ3) is 3.23. The summed E-state index contributed by atoms with van der Waals surface area (Å²) >= 11 is 1.23. The third-order valence-electron chi connectivity index (χ3n) is 1.24. The Bertz CT molecular complexity index is 231. The smallest absolute Gasteiger partial charge is 0.189 e. The summed E-state index contributed by atoms with van der Waals surface area (Å²) in [6, 6.07) is 9.87. The van der Waals surface area contributed by atoms with Crippen molar-refractivity contribution in [3.05, 3.63) is 42.8 Å². The number of thioether (sulfide) groups is 1. The van der Waals surface area contributed by atoms with E-state index in [2.05, 4.69) is 6.92 Å². The summed E-state index contributed by atoms with van der Waals surface area (Å²) in [7, 11) is 0. The van der Waals surface area contributed by atoms with Gasteiger partial charge in [-0.05, 0) is 5.56 Å². The van der Waals surface area contributed by atoms with E-state index >= 15 is 0 Å². The number of hydrogen-bond acceptors (Lipinski definition) is 2. The molecule has 0 aromatic heterocycles. The Morgan fingerprint density at radius 2 is 2.00 bits per heavy atom. The van der Waals surface area contributed by atoms with Crippen molar-refractivity contribution in [3.8, 4) is 0 Å². The van der Waals surface area contributed by atoms with Crippen LogP contribution in [0.1, 0.15) is 5.56 Å². The molecule has 0 atom stereocenters. The maximum absolute atomic E-state index is 10.5. The van der Waals surface area contributed by atoms with Gasteiger partial charge in [-0.3, -0.25) is 4.79 Å². The molecule has 1 aromatic carbocycles. The molecule has 2 heteroatoms. The van der Waals surface area contributed by atoms with Crippen molar-refractivity contribution in [3.63, 3.8) is 0 Å². The zero-order chi connectivity index (χ0) is 8.10. The van der Waals surface area contributed by atoms with Crippen LogP contribution in [-0.4, -0.2) is 5.12 Å². The van der Waals surface area contributed by atoms with E-state index in [-0.39, 0.29) is 5.12 Å². The lowest BCUT2D eigenvalue weighted by atomic mass is 10.2. The molecule has 0 fully saturated rings. The minimum atomic E-state index is -0.0751. The highest BCUT2D eigenvalue weighted by molar-refractivity contribution is 8.13. The second-order valence-electron chi connectivity index (χ2n) is 2.15. The molecule has 0 aliphatic carbocycles. The molecule has 0 saturated heterocycles. The van der Waals surface area contributed by atoms with Gasteiger partial charge in [0.15, 0.2) is 5.12 Å². The lowest BCUT2D eigenvalue weighted by Crippen LogP contribution is -1.84. The minimum Gasteiger partial charge on any atom is -0.287 e. The van der Waals surface area contributed by atoms with Gasteiger partial charge in [-0.15, -0.1) is 0 Å². The SMILES string of the molecule is [CH2]C(=O)SCc1ccccc1. The van der Waals surface area contributed by atoms with Gasteiger partial charge in [0.05, 0.1) is 0 Å². The molecule has 0 aliphatic heterocycles. The van der Waals surface area contributed by atoms with Crippen LogP contribution in [-0.2, 0) is 10.5 Å². The maximum atomic E-state index is 10.5. The van der Waals surface area contributed by atoms with Gasteiger partial charge in [-0.1, -0.05) is 42.1 Å². The van der Waals surface area contributed by atoms with Crippen molar-refractivity contribution in [1.29, 1.82) is 0 Å². The molecule has 0 N–H and O–H groups in total. The second kappa shape index (κ2) is 4.19. The first kappa shape index (κ1) is 8.34. The van der Waals surface area contributed by atoms with E-state index in [0.717, 1.165) is 11.3 Å². The molecule has 0 unspecified atom stereocenters. The highest BCUT2D eigenvalue weighted by atomic mass is 32.2. The zero-order valence-electron chi connectivity index (χ0n) is 6.12. The summed E-state index contributed by atoms with van der Waals surface area (Å²) in [6.45, 7) is 3.28. The predicted molar refractivity (Wildman–Crippen MR) is 48.1 cm³/mol. The van der Waals surface area contributed by atoms with Crippen molar-refractivity contribution < 1.29 is 4.79 Å². The van der Waals surface area contributed by atoms with Crippen LogP contribution in [0.4, 0.5) is 0 Å². The Morgan fingerprint density at radius 3 is 2.55 bits per heavy atom. The first-order valence-corrected chi connectivity index (χ1v) is 4.30. The van der Waals surface area contributed by atoms with Crippen LogP contribution in [0.2, 0.25) is 0 Å².